The number of carbonyl (C=O) groups excluding carboxylic acids is 1. The molecule has 0 aromatic carbocycles. The van der Waals surface area contributed by atoms with Gasteiger partial charge in [-0.15, -0.1) is 11.3 Å². The molecule has 1 atom stereocenters. The number of thiophene rings is 1. The highest BCUT2D eigenvalue weighted by molar-refractivity contribution is 7.14. The van der Waals surface area contributed by atoms with Crippen molar-refractivity contribution < 1.29 is 9.53 Å². The van der Waals surface area contributed by atoms with Gasteiger partial charge in [0.2, 0.25) is 0 Å². The normalized spacial score (nSPS) is 23.2. The highest BCUT2D eigenvalue weighted by Crippen LogP contribution is 2.40. The molecule has 1 aliphatic carbocycles. The van der Waals surface area contributed by atoms with Crippen molar-refractivity contribution in [3.8, 4) is 0 Å². The van der Waals surface area contributed by atoms with E-state index in [-0.39, 0.29) is 11.4 Å². The molecule has 1 amide bonds. The molecule has 1 unspecified atom stereocenters. The SMILES string of the molecule is CN1CCC(COCc2ccncc2)CC12CN(C(=O)c1cc3c(s1)CCC3)C2. The summed E-state index contributed by atoms with van der Waals surface area (Å²) in [5, 5.41) is 0. The maximum Gasteiger partial charge on any atom is 0.264 e. The van der Waals surface area contributed by atoms with Crippen LogP contribution in [0.1, 0.15) is 44.9 Å². The van der Waals surface area contributed by atoms with Gasteiger partial charge in [-0.25, -0.2) is 0 Å². The Morgan fingerprint density at radius 3 is 2.93 bits per heavy atom. The van der Waals surface area contributed by atoms with Crippen LogP contribution in [0.2, 0.25) is 0 Å². The third-order valence-corrected chi connectivity index (χ3v) is 8.16. The summed E-state index contributed by atoms with van der Waals surface area (Å²) >= 11 is 1.72. The number of rotatable bonds is 5. The molecule has 0 N–H and O–H groups in total. The molecule has 2 aromatic rings. The lowest BCUT2D eigenvalue weighted by Gasteiger charge is -2.58. The standard InChI is InChI=1S/C23H29N3O2S/c1-25-10-7-18(14-28-13-17-5-8-24-9-6-17)12-23(25)15-26(16-23)22(27)21-11-19-3-2-4-20(19)29-21/h5-6,8-9,11,18H,2-4,7,10,12-16H2,1H3. The average Bonchev–Trinajstić information content (AvgIpc) is 3.30. The first-order valence-electron chi connectivity index (χ1n) is 10.7. The van der Waals surface area contributed by atoms with E-state index in [1.165, 1.54) is 28.8 Å². The van der Waals surface area contributed by atoms with Crippen molar-refractivity contribution in [2.24, 2.45) is 5.92 Å². The second kappa shape index (κ2) is 7.82. The number of likely N-dealkylation sites (N-methyl/N-ethyl adjacent to an activating group) is 1. The fourth-order valence-corrected chi connectivity index (χ4v) is 6.36. The molecule has 29 heavy (non-hydrogen) atoms. The largest absolute Gasteiger partial charge is 0.376 e. The number of amides is 1. The molecule has 5 rings (SSSR count). The zero-order valence-corrected chi connectivity index (χ0v) is 17.9. The fraction of sp³-hybridized carbons (Fsp3) is 0.565. The maximum atomic E-state index is 13.0. The Balaban J connectivity index is 1.15. The van der Waals surface area contributed by atoms with Crippen LogP contribution >= 0.6 is 11.3 Å². The van der Waals surface area contributed by atoms with Crippen molar-refractivity contribution in [2.45, 2.75) is 44.2 Å². The highest BCUT2D eigenvalue weighted by atomic mass is 32.1. The van der Waals surface area contributed by atoms with E-state index >= 15 is 0 Å². The molecule has 2 aliphatic heterocycles. The van der Waals surface area contributed by atoms with Crippen LogP contribution < -0.4 is 0 Å². The summed E-state index contributed by atoms with van der Waals surface area (Å²) in [6.07, 6.45) is 9.45. The van der Waals surface area contributed by atoms with Gasteiger partial charge in [-0.1, -0.05) is 0 Å². The minimum atomic E-state index is 0.137. The van der Waals surface area contributed by atoms with Crippen LogP contribution in [0.25, 0.3) is 0 Å². The van der Waals surface area contributed by atoms with E-state index in [1.54, 1.807) is 11.3 Å². The molecule has 1 spiro atoms. The number of aryl methyl sites for hydroxylation is 2. The quantitative estimate of drug-likeness (QED) is 0.757. The minimum absolute atomic E-state index is 0.137. The lowest BCUT2D eigenvalue weighted by Crippen LogP contribution is -2.72. The van der Waals surface area contributed by atoms with E-state index in [1.807, 2.05) is 24.5 Å². The zero-order chi connectivity index (χ0) is 19.8. The Morgan fingerprint density at radius 2 is 2.14 bits per heavy atom. The summed E-state index contributed by atoms with van der Waals surface area (Å²) in [5.74, 6) is 0.801. The lowest BCUT2D eigenvalue weighted by molar-refractivity contribution is -0.0766. The number of fused-ring (bicyclic) bond motifs is 1. The summed E-state index contributed by atoms with van der Waals surface area (Å²) in [5.41, 5.74) is 2.72. The predicted octanol–water partition coefficient (Wildman–Crippen LogP) is 3.39. The van der Waals surface area contributed by atoms with Crippen molar-refractivity contribution in [3.05, 3.63) is 51.5 Å². The maximum absolute atomic E-state index is 13.0. The summed E-state index contributed by atoms with van der Waals surface area (Å²) in [6, 6.07) is 6.17. The number of likely N-dealkylation sites (tertiary alicyclic amines) is 2. The van der Waals surface area contributed by atoms with Gasteiger partial charge in [-0.3, -0.25) is 14.7 Å². The van der Waals surface area contributed by atoms with Gasteiger partial charge in [0.05, 0.1) is 17.0 Å². The first-order valence-corrected chi connectivity index (χ1v) is 11.5. The van der Waals surface area contributed by atoms with E-state index in [0.717, 1.165) is 50.4 Å². The number of pyridine rings is 1. The number of aromatic nitrogens is 1. The van der Waals surface area contributed by atoms with E-state index in [9.17, 15) is 4.79 Å². The molecule has 0 saturated carbocycles. The predicted molar refractivity (Wildman–Crippen MR) is 114 cm³/mol. The number of hydrogen-bond donors (Lipinski definition) is 0. The average molecular weight is 412 g/mol. The van der Waals surface area contributed by atoms with Gasteiger partial charge in [0.1, 0.15) is 0 Å². The second-order valence-electron chi connectivity index (χ2n) is 8.95. The Hall–Kier alpha value is -1.76. The van der Waals surface area contributed by atoms with Crippen molar-refractivity contribution in [1.82, 2.24) is 14.8 Å². The molecule has 2 fully saturated rings. The van der Waals surface area contributed by atoms with Crippen LogP contribution in [0.15, 0.2) is 30.6 Å². The lowest BCUT2D eigenvalue weighted by atomic mass is 9.75. The number of carbonyl (C=O) groups is 1. The van der Waals surface area contributed by atoms with Crippen molar-refractivity contribution in [1.29, 1.82) is 0 Å². The van der Waals surface area contributed by atoms with Crippen molar-refractivity contribution >= 4 is 17.2 Å². The van der Waals surface area contributed by atoms with Crippen molar-refractivity contribution in [3.63, 3.8) is 0 Å². The molecule has 0 bridgehead atoms. The second-order valence-corrected chi connectivity index (χ2v) is 10.1. The smallest absolute Gasteiger partial charge is 0.264 e. The Labute approximate surface area is 176 Å². The van der Waals surface area contributed by atoms with E-state index in [0.29, 0.717) is 12.5 Å². The molecular weight excluding hydrogens is 382 g/mol. The summed E-state index contributed by atoms with van der Waals surface area (Å²) < 4.78 is 6.01. The molecule has 5 nitrogen and oxygen atoms in total. The van der Waals surface area contributed by atoms with Crippen LogP contribution in [-0.2, 0) is 24.2 Å². The van der Waals surface area contributed by atoms with Crippen LogP contribution in [0.3, 0.4) is 0 Å². The van der Waals surface area contributed by atoms with E-state index < -0.39 is 0 Å². The summed E-state index contributed by atoms with van der Waals surface area (Å²) in [4.78, 5) is 23.9. The molecular formula is C23H29N3O2S. The van der Waals surface area contributed by atoms with Gasteiger partial charge in [0.25, 0.3) is 5.91 Å². The summed E-state index contributed by atoms with van der Waals surface area (Å²) in [7, 11) is 2.22. The third-order valence-electron chi connectivity index (χ3n) is 6.94. The number of hydrogen-bond acceptors (Lipinski definition) is 5. The van der Waals surface area contributed by atoms with Gasteiger partial charge in [0.15, 0.2) is 0 Å². The number of ether oxygens (including phenoxy) is 1. The molecule has 0 radical (unpaired) electrons. The third kappa shape index (κ3) is 3.74. The Kier molecular flexibility index (Phi) is 5.18. The van der Waals surface area contributed by atoms with Crippen LogP contribution in [-0.4, -0.2) is 59.5 Å². The van der Waals surface area contributed by atoms with Gasteiger partial charge in [0, 0.05) is 37.0 Å². The zero-order valence-electron chi connectivity index (χ0n) is 17.1. The molecule has 2 saturated heterocycles. The van der Waals surface area contributed by atoms with E-state index in [2.05, 4.69) is 27.9 Å². The van der Waals surface area contributed by atoms with Gasteiger partial charge >= 0.3 is 0 Å². The van der Waals surface area contributed by atoms with Gasteiger partial charge < -0.3 is 9.64 Å². The highest BCUT2D eigenvalue weighted by Gasteiger charge is 2.51. The molecule has 2 aromatic heterocycles. The van der Waals surface area contributed by atoms with Gasteiger partial charge in [-0.05, 0) is 80.9 Å². The van der Waals surface area contributed by atoms with Gasteiger partial charge in [-0.2, -0.15) is 0 Å². The fourth-order valence-electron chi connectivity index (χ4n) is 5.14. The molecule has 4 heterocycles. The molecule has 154 valence electrons. The summed E-state index contributed by atoms with van der Waals surface area (Å²) in [6.45, 7) is 4.23. The topological polar surface area (TPSA) is 45.7 Å². The van der Waals surface area contributed by atoms with Crippen LogP contribution in [0, 0.1) is 5.92 Å². The van der Waals surface area contributed by atoms with Crippen LogP contribution in [0.4, 0.5) is 0 Å². The first kappa shape index (κ1) is 19.2. The Bertz CT molecular complexity index is 854. The minimum Gasteiger partial charge on any atom is -0.376 e. The monoisotopic (exact) mass is 411 g/mol. The number of nitrogens with zero attached hydrogens (tertiary/aromatic N) is 3. The molecule has 3 aliphatic rings. The van der Waals surface area contributed by atoms with Crippen molar-refractivity contribution in [2.75, 3.05) is 33.3 Å². The number of piperidine rings is 1. The van der Waals surface area contributed by atoms with Crippen LogP contribution in [0.5, 0.6) is 0 Å². The first-order chi connectivity index (χ1) is 14.1. The Morgan fingerprint density at radius 1 is 1.31 bits per heavy atom. The van der Waals surface area contributed by atoms with E-state index in [4.69, 9.17) is 4.74 Å². The molecule has 6 heteroatoms.